The molecule has 0 bridgehead atoms. The Hall–Kier alpha value is -0.760. The SMILES string of the molecule is CCC(CC(C)(CC(CC(C)(C)C(=O)O)P(=O)(O)O)C(=O)O)P(=O)(O)O. The van der Waals surface area contributed by atoms with E-state index >= 15 is 0 Å². The molecule has 12 heteroatoms. The van der Waals surface area contributed by atoms with Crippen LogP contribution in [0.5, 0.6) is 0 Å². The van der Waals surface area contributed by atoms with Gasteiger partial charge < -0.3 is 29.8 Å². The summed E-state index contributed by atoms with van der Waals surface area (Å²) in [7, 11) is -9.47. The number of aliphatic carboxylic acids is 2. The van der Waals surface area contributed by atoms with Crippen LogP contribution in [0, 0.1) is 10.8 Å². The molecule has 0 heterocycles. The van der Waals surface area contributed by atoms with Crippen LogP contribution in [0.1, 0.15) is 53.4 Å². The number of carboxylic acids is 2. The highest BCUT2D eigenvalue weighted by Crippen LogP contribution is 2.54. The van der Waals surface area contributed by atoms with Crippen molar-refractivity contribution in [2.45, 2.75) is 64.7 Å². The predicted molar refractivity (Wildman–Crippen MR) is 93.0 cm³/mol. The predicted octanol–water partition coefficient (Wildman–Crippen LogP) is 1.86. The summed E-state index contributed by atoms with van der Waals surface area (Å²) in [5.74, 6) is -2.76. The Morgan fingerprint density at radius 1 is 0.808 bits per heavy atom. The van der Waals surface area contributed by atoms with Gasteiger partial charge in [-0.1, -0.05) is 6.92 Å². The van der Waals surface area contributed by atoms with Crippen LogP contribution in [0.4, 0.5) is 0 Å². The van der Waals surface area contributed by atoms with Crippen molar-refractivity contribution in [1.29, 1.82) is 0 Å². The van der Waals surface area contributed by atoms with Gasteiger partial charge in [0, 0.05) is 0 Å². The molecule has 26 heavy (non-hydrogen) atoms. The minimum absolute atomic E-state index is 0.0195. The van der Waals surface area contributed by atoms with Crippen LogP contribution in [0.15, 0.2) is 0 Å². The van der Waals surface area contributed by atoms with Gasteiger partial charge in [-0.2, -0.15) is 0 Å². The van der Waals surface area contributed by atoms with Crippen molar-refractivity contribution in [3.63, 3.8) is 0 Å². The van der Waals surface area contributed by atoms with Crippen LogP contribution in [0.25, 0.3) is 0 Å². The molecule has 154 valence electrons. The minimum Gasteiger partial charge on any atom is -0.481 e. The summed E-state index contributed by atoms with van der Waals surface area (Å²) in [6, 6.07) is 0. The first kappa shape index (κ1) is 25.2. The molecule has 0 aliphatic carbocycles. The smallest absolute Gasteiger partial charge is 0.328 e. The first-order valence-electron chi connectivity index (χ1n) is 7.94. The van der Waals surface area contributed by atoms with Crippen molar-refractivity contribution in [1.82, 2.24) is 0 Å². The van der Waals surface area contributed by atoms with Gasteiger partial charge in [-0.3, -0.25) is 18.7 Å². The Bertz CT molecular complexity index is 619. The van der Waals surface area contributed by atoms with Crippen LogP contribution in [-0.4, -0.2) is 53.0 Å². The van der Waals surface area contributed by atoms with Crippen molar-refractivity contribution in [3.8, 4) is 0 Å². The zero-order valence-corrected chi connectivity index (χ0v) is 17.0. The van der Waals surface area contributed by atoms with Crippen LogP contribution in [-0.2, 0) is 18.7 Å². The number of hydrogen-bond donors (Lipinski definition) is 6. The van der Waals surface area contributed by atoms with E-state index in [2.05, 4.69) is 0 Å². The summed E-state index contributed by atoms with van der Waals surface area (Å²) in [5.41, 5.74) is -6.22. The first-order valence-corrected chi connectivity index (χ1v) is 11.3. The van der Waals surface area contributed by atoms with Crippen molar-refractivity contribution < 1.29 is 48.5 Å². The molecule has 0 rings (SSSR count). The van der Waals surface area contributed by atoms with Gasteiger partial charge in [0.05, 0.1) is 22.1 Å². The molecule has 3 atom stereocenters. The summed E-state index contributed by atoms with van der Waals surface area (Å²) >= 11 is 0. The van der Waals surface area contributed by atoms with E-state index in [1.165, 1.54) is 20.8 Å². The van der Waals surface area contributed by atoms with E-state index in [1.807, 2.05) is 0 Å². The van der Waals surface area contributed by atoms with E-state index < -0.39 is 68.5 Å². The zero-order valence-electron chi connectivity index (χ0n) is 15.2. The molecule has 0 aromatic carbocycles. The van der Waals surface area contributed by atoms with E-state index in [-0.39, 0.29) is 6.42 Å². The lowest BCUT2D eigenvalue weighted by Crippen LogP contribution is -2.38. The van der Waals surface area contributed by atoms with Gasteiger partial charge in [0.25, 0.3) is 0 Å². The lowest BCUT2D eigenvalue weighted by molar-refractivity contribution is -0.149. The fourth-order valence-corrected chi connectivity index (χ4v) is 5.24. The molecule has 10 nitrogen and oxygen atoms in total. The maximum Gasteiger partial charge on any atom is 0.328 e. The van der Waals surface area contributed by atoms with E-state index in [4.69, 9.17) is 0 Å². The molecular formula is C14H28O10P2. The molecule has 0 saturated carbocycles. The van der Waals surface area contributed by atoms with Gasteiger partial charge in [-0.25, -0.2) is 0 Å². The highest BCUT2D eigenvalue weighted by molar-refractivity contribution is 7.52. The van der Waals surface area contributed by atoms with Crippen molar-refractivity contribution in [2.24, 2.45) is 10.8 Å². The quantitative estimate of drug-likeness (QED) is 0.270. The molecule has 0 fully saturated rings. The second-order valence-corrected chi connectivity index (χ2v) is 11.4. The second kappa shape index (κ2) is 8.50. The van der Waals surface area contributed by atoms with Crippen LogP contribution < -0.4 is 0 Å². The first-order chi connectivity index (χ1) is 11.4. The van der Waals surface area contributed by atoms with E-state index in [0.29, 0.717) is 0 Å². The van der Waals surface area contributed by atoms with Crippen LogP contribution in [0.2, 0.25) is 0 Å². The largest absolute Gasteiger partial charge is 0.481 e. The Labute approximate surface area is 151 Å². The molecular weight excluding hydrogens is 390 g/mol. The van der Waals surface area contributed by atoms with Gasteiger partial charge in [0.1, 0.15) is 0 Å². The molecule has 0 aliphatic heterocycles. The van der Waals surface area contributed by atoms with Crippen molar-refractivity contribution in [3.05, 3.63) is 0 Å². The molecule has 3 unspecified atom stereocenters. The number of carbonyl (C=O) groups is 2. The monoisotopic (exact) mass is 418 g/mol. The molecule has 6 N–H and O–H groups in total. The van der Waals surface area contributed by atoms with Crippen molar-refractivity contribution in [2.75, 3.05) is 0 Å². The lowest BCUT2D eigenvalue weighted by atomic mass is 9.77. The van der Waals surface area contributed by atoms with Gasteiger partial charge in [-0.15, -0.1) is 0 Å². The van der Waals surface area contributed by atoms with Gasteiger partial charge in [-0.05, 0) is 46.5 Å². The molecule has 0 radical (unpaired) electrons. The maximum absolute atomic E-state index is 11.8. The summed E-state index contributed by atoms with van der Waals surface area (Å²) in [6.07, 6.45) is -1.61. The normalized spacial score (nSPS) is 18.0. The van der Waals surface area contributed by atoms with Gasteiger partial charge >= 0.3 is 27.1 Å². The molecule has 0 spiro atoms. The molecule has 0 amide bonds. The van der Waals surface area contributed by atoms with E-state index in [9.17, 15) is 48.5 Å². The Kier molecular flexibility index (Phi) is 8.25. The third-order valence-corrected chi connectivity index (χ3v) is 7.45. The maximum atomic E-state index is 11.8. The van der Waals surface area contributed by atoms with Crippen LogP contribution in [0.3, 0.4) is 0 Å². The standard InChI is InChI=1S/C14H28O10P2/c1-5-9(25(19,20)21)7-14(4,12(17)18)8-10(26(22,23)24)6-13(2,3)11(15)16/h9-10H,5-8H2,1-4H3,(H,15,16)(H,17,18)(H2,19,20,21)(H2,22,23,24). The second-order valence-electron chi connectivity index (χ2n) is 7.56. The third-order valence-electron chi connectivity index (χ3n) is 4.64. The van der Waals surface area contributed by atoms with E-state index in [1.54, 1.807) is 0 Å². The summed E-state index contributed by atoms with van der Waals surface area (Å²) in [5, 5.41) is 18.7. The number of hydrogen-bond acceptors (Lipinski definition) is 4. The van der Waals surface area contributed by atoms with Crippen molar-refractivity contribution >= 4 is 27.1 Å². The summed E-state index contributed by atoms with van der Waals surface area (Å²) in [6.45, 7) is 5.16. The Morgan fingerprint density at radius 3 is 1.46 bits per heavy atom. The Morgan fingerprint density at radius 2 is 1.19 bits per heavy atom. The molecule has 0 aliphatic rings. The lowest BCUT2D eigenvalue weighted by Gasteiger charge is -2.35. The molecule has 0 saturated heterocycles. The topological polar surface area (TPSA) is 190 Å². The summed E-state index contributed by atoms with van der Waals surface area (Å²) in [4.78, 5) is 60.9. The third kappa shape index (κ3) is 7.10. The Balaban J connectivity index is 5.84. The highest BCUT2D eigenvalue weighted by Gasteiger charge is 2.47. The van der Waals surface area contributed by atoms with E-state index in [0.717, 1.165) is 6.92 Å². The molecule has 0 aromatic rings. The average Bonchev–Trinajstić information content (AvgIpc) is 2.41. The zero-order chi connectivity index (χ0) is 21.1. The number of rotatable bonds is 11. The summed E-state index contributed by atoms with van der Waals surface area (Å²) < 4.78 is 23.4. The van der Waals surface area contributed by atoms with Crippen LogP contribution >= 0.6 is 15.2 Å². The fraction of sp³-hybridized carbons (Fsp3) is 0.857. The van der Waals surface area contributed by atoms with Gasteiger partial charge in [0.15, 0.2) is 0 Å². The van der Waals surface area contributed by atoms with Gasteiger partial charge in [0.2, 0.25) is 0 Å². The highest BCUT2D eigenvalue weighted by atomic mass is 31.2. The molecule has 0 aromatic heterocycles. The minimum atomic E-state index is -4.86. The number of carboxylic acid groups (broad SMARTS) is 2. The average molecular weight is 418 g/mol. The fourth-order valence-electron chi connectivity index (χ4n) is 2.79.